The molecule has 31 heavy (non-hydrogen) atoms. The summed E-state index contributed by atoms with van der Waals surface area (Å²) in [4.78, 5) is 10.0. The lowest BCUT2D eigenvalue weighted by Crippen LogP contribution is -2.50. The standard InChI is InChI=1S/C25H43N5O/c1-5-26-25(27-18-21(4)30-15-13-29(6-2)14-16-30)28-19-23-8-7-17-31-24(23)22-11-9-20(3)10-12-22/h9-12,21,23-24H,5-8,13-19H2,1-4H3,(H2,26,27,28). The first-order valence-electron chi connectivity index (χ1n) is 12.3. The summed E-state index contributed by atoms with van der Waals surface area (Å²) in [6.45, 7) is 18.0. The molecule has 2 fully saturated rings. The third-order valence-electron chi connectivity index (χ3n) is 6.72. The number of nitrogens with one attached hydrogen (secondary N) is 2. The number of aliphatic imine (C=N–C) groups is 1. The number of rotatable bonds is 8. The summed E-state index contributed by atoms with van der Waals surface area (Å²) in [7, 11) is 0. The van der Waals surface area contributed by atoms with Crippen LogP contribution in [-0.2, 0) is 4.74 Å². The zero-order chi connectivity index (χ0) is 22.1. The second kappa shape index (κ2) is 12.4. The number of hydrogen-bond donors (Lipinski definition) is 2. The summed E-state index contributed by atoms with van der Waals surface area (Å²) in [5, 5.41) is 7.04. The Balaban J connectivity index is 1.54. The topological polar surface area (TPSA) is 52.1 Å². The van der Waals surface area contributed by atoms with Gasteiger partial charge in [0, 0.05) is 57.8 Å². The van der Waals surface area contributed by atoms with Crippen molar-refractivity contribution in [3.05, 3.63) is 35.4 Å². The Bertz CT molecular complexity index is 669. The van der Waals surface area contributed by atoms with Crippen molar-refractivity contribution in [2.75, 3.05) is 59.0 Å². The Kier molecular flexibility index (Phi) is 9.62. The Hall–Kier alpha value is -1.63. The zero-order valence-corrected chi connectivity index (χ0v) is 20.1. The third-order valence-corrected chi connectivity index (χ3v) is 6.72. The number of likely N-dealkylation sites (N-methyl/N-ethyl adjacent to an activating group) is 1. The monoisotopic (exact) mass is 429 g/mol. The van der Waals surface area contributed by atoms with Gasteiger partial charge >= 0.3 is 0 Å². The molecule has 2 aliphatic rings. The first-order chi connectivity index (χ1) is 15.1. The average molecular weight is 430 g/mol. The van der Waals surface area contributed by atoms with E-state index >= 15 is 0 Å². The first-order valence-corrected chi connectivity index (χ1v) is 12.3. The predicted octanol–water partition coefficient (Wildman–Crippen LogP) is 3.04. The normalized spacial score (nSPS) is 24.7. The van der Waals surface area contributed by atoms with Gasteiger partial charge in [-0.05, 0) is 45.7 Å². The van der Waals surface area contributed by atoms with E-state index in [0.717, 1.165) is 58.3 Å². The number of aryl methyl sites for hydroxylation is 1. The van der Waals surface area contributed by atoms with Crippen LogP contribution in [0.15, 0.2) is 29.3 Å². The molecule has 0 amide bonds. The number of benzene rings is 1. The molecule has 1 aromatic rings. The van der Waals surface area contributed by atoms with Crippen LogP contribution in [0.25, 0.3) is 0 Å². The molecule has 2 aliphatic heterocycles. The van der Waals surface area contributed by atoms with Crippen LogP contribution in [0.5, 0.6) is 0 Å². The van der Waals surface area contributed by atoms with Gasteiger partial charge in [0.15, 0.2) is 5.96 Å². The van der Waals surface area contributed by atoms with Gasteiger partial charge in [0.2, 0.25) is 0 Å². The molecule has 0 bridgehead atoms. The van der Waals surface area contributed by atoms with E-state index in [9.17, 15) is 0 Å². The van der Waals surface area contributed by atoms with Crippen molar-refractivity contribution < 1.29 is 4.74 Å². The maximum absolute atomic E-state index is 6.19. The van der Waals surface area contributed by atoms with Crippen LogP contribution in [0.3, 0.4) is 0 Å². The number of ether oxygens (including phenoxy) is 1. The van der Waals surface area contributed by atoms with E-state index in [0.29, 0.717) is 12.0 Å². The molecule has 6 heteroatoms. The second-order valence-electron chi connectivity index (χ2n) is 9.02. The Morgan fingerprint density at radius 2 is 1.87 bits per heavy atom. The summed E-state index contributed by atoms with van der Waals surface area (Å²) >= 11 is 0. The molecule has 2 saturated heterocycles. The molecule has 1 aromatic carbocycles. The predicted molar refractivity (Wildman–Crippen MR) is 130 cm³/mol. The van der Waals surface area contributed by atoms with Crippen molar-refractivity contribution in [1.29, 1.82) is 0 Å². The van der Waals surface area contributed by atoms with Gasteiger partial charge in [-0.15, -0.1) is 0 Å². The van der Waals surface area contributed by atoms with Gasteiger partial charge in [-0.1, -0.05) is 36.8 Å². The Morgan fingerprint density at radius 3 is 2.55 bits per heavy atom. The highest BCUT2D eigenvalue weighted by atomic mass is 16.5. The maximum Gasteiger partial charge on any atom is 0.191 e. The summed E-state index contributed by atoms with van der Waals surface area (Å²) in [5.74, 6) is 1.38. The maximum atomic E-state index is 6.19. The number of guanidine groups is 1. The highest BCUT2D eigenvalue weighted by Crippen LogP contribution is 2.33. The Morgan fingerprint density at radius 1 is 1.13 bits per heavy atom. The van der Waals surface area contributed by atoms with Crippen molar-refractivity contribution in [1.82, 2.24) is 20.4 Å². The molecule has 2 N–H and O–H groups in total. The number of hydrogen-bond acceptors (Lipinski definition) is 4. The van der Waals surface area contributed by atoms with Gasteiger partial charge < -0.3 is 20.3 Å². The fourth-order valence-electron chi connectivity index (χ4n) is 4.61. The Labute approximate surface area is 189 Å². The minimum Gasteiger partial charge on any atom is -0.373 e. The molecule has 0 aliphatic carbocycles. The van der Waals surface area contributed by atoms with Crippen LogP contribution >= 0.6 is 0 Å². The van der Waals surface area contributed by atoms with E-state index in [1.54, 1.807) is 0 Å². The quantitative estimate of drug-likeness (QED) is 0.491. The highest BCUT2D eigenvalue weighted by Gasteiger charge is 2.27. The van der Waals surface area contributed by atoms with Crippen LogP contribution in [0.1, 0.15) is 50.8 Å². The molecule has 3 rings (SSSR count). The zero-order valence-electron chi connectivity index (χ0n) is 20.1. The smallest absolute Gasteiger partial charge is 0.191 e. The molecular weight excluding hydrogens is 386 g/mol. The van der Waals surface area contributed by atoms with E-state index in [4.69, 9.17) is 9.73 Å². The van der Waals surface area contributed by atoms with Gasteiger partial charge in [0.1, 0.15) is 0 Å². The summed E-state index contributed by atoms with van der Waals surface area (Å²) in [6, 6.07) is 9.28. The fourth-order valence-corrected chi connectivity index (χ4v) is 4.61. The highest BCUT2D eigenvalue weighted by molar-refractivity contribution is 5.79. The van der Waals surface area contributed by atoms with Crippen LogP contribution < -0.4 is 10.6 Å². The molecule has 3 atom stereocenters. The fraction of sp³-hybridized carbons (Fsp3) is 0.720. The molecule has 0 saturated carbocycles. The second-order valence-corrected chi connectivity index (χ2v) is 9.02. The number of piperazine rings is 1. The van der Waals surface area contributed by atoms with Gasteiger partial charge in [-0.2, -0.15) is 0 Å². The van der Waals surface area contributed by atoms with Crippen molar-refractivity contribution in [3.8, 4) is 0 Å². The molecule has 0 spiro atoms. The van der Waals surface area contributed by atoms with Crippen molar-refractivity contribution in [2.45, 2.75) is 52.7 Å². The third kappa shape index (κ3) is 7.19. The van der Waals surface area contributed by atoms with Crippen molar-refractivity contribution in [3.63, 3.8) is 0 Å². The summed E-state index contributed by atoms with van der Waals surface area (Å²) < 4.78 is 6.19. The molecule has 6 nitrogen and oxygen atoms in total. The number of nitrogens with zero attached hydrogens (tertiary/aromatic N) is 3. The minimum absolute atomic E-state index is 0.165. The molecule has 0 radical (unpaired) electrons. The van der Waals surface area contributed by atoms with Crippen molar-refractivity contribution >= 4 is 5.96 Å². The molecule has 0 aromatic heterocycles. The lowest BCUT2D eigenvalue weighted by atomic mass is 9.89. The SMILES string of the molecule is CCNC(=NCC(C)N1CCN(CC)CC1)NCC1CCCOC1c1ccc(C)cc1. The van der Waals surface area contributed by atoms with E-state index < -0.39 is 0 Å². The molecule has 2 heterocycles. The van der Waals surface area contributed by atoms with Crippen LogP contribution in [0.4, 0.5) is 0 Å². The summed E-state index contributed by atoms with van der Waals surface area (Å²) in [5.41, 5.74) is 2.58. The molecule has 174 valence electrons. The minimum atomic E-state index is 0.165. The largest absolute Gasteiger partial charge is 0.373 e. The molecule has 3 unspecified atom stereocenters. The van der Waals surface area contributed by atoms with Gasteiger partial charge in [0.25, 0.3) is 0 Å². The lowest BCUT2D eigenvalue weighted by molar-refractivity contribution is -0.0265. The summed E-state index contributed by atoms with van der Waals surface area (Å²) in [6.07, 6.45) is 2.48. The van der Waals surface area contributed by atoms with Crippen molar-refractivity contribution in [2.24, 2.45) is 10.9 Å². The molecular formula is C25H43N5O. The van der Waals surface area contributed by atoms with Crippen LogP contribution in [-0.4, -0.2) is 80.8 Å². The van der Waals surface area contributed by atoms with Gasteiger partial charge in [-0.3, -0.25) is 9.89 Å². The van der Waals surface area contributed by atoms with Gasteiger partial charge in [-0.25, -0.2) is 0 Å². The van der Waals surface area contributed by atoms with E-state index in [-0.39, 0.29) is 6.10 Å². The first kappa shape index (κ1) is 24.0. The van der Waals surface area contributed by atoms with Gasteiger partial charge in [0.05, 0.1) is 12.6 Å². The lowest BCUT2D eigenvalue weighted by Gasteiger charge is -2.37. The van der Waals surface area contributed by atoms with Crippen LogP contribution in [0.2, 0.25) is 0 Å². The van der Waals surface area contributed by atoms with E-state index in [1.807, 2.05) is 0 Å². The van der Waals surface area contributed by atoms with E-state index in [2.05, 4.69) is 72.4 Å². The van der Waals surface area contributed by atoms with Crippen LogP contribution in [0, 0.1) is 12.8 Å². The average Bonchev–Trinajstić information content (AvgIpc) is 2.81. The van der Waals surface area contributed by atoms with E-state index in [1.165, 1.54) is 30.6 Å².